The van der Waals surface area contributed by atoms with Gasteiger partial charge in [0.15, 0.2) is 0 Å². The van der Waals surface area contributed by atoms with Crippen LogP contribution in [0.5, 0.6) is 0 Å². The molecule has 158 valence electrons. The molecule has 10 heteroatoms. The minimum absolute atomic E-state index is 0.0295. The Balaban J connectivity index is 1.83. The van der Waals surface area contributed by atoms with Gasteiger partial charge in [-0.3, -0.25) is 4.79 Å². The molecule has 0 unspecified atom stereocenters. The molecular weight excluding hydrogens is 422 g/mol. The largest absolute Gasteiger partial charge is 0.394 e. The lowest BCUT2D eigenvalue weighted by atomic mass is 10.1. The van der Waals surface area contributed by atoms with E-state index in [4.69, 9.17) is 0 Å². The van der Waals surface area contributed by atoms with Crippen LogP contribution in [0.4, 0.5) is 17.5 Å². The average Bonchev–Trinajstić information content (AvgIpc) is 3.22. The van der Waals surface area contributed by atoms with E-state index in [1.165, 1.54) is 12.5 Å². The Morgan fingerprint density at radius 3 is 2.60 bits per heavy atom. The van der Waals surface area contributed by atoms with Crippen LogP contribution < -0.4 is 10.6 Å². The Morgan fingerprint density at radius 1 is 1.27 bits per heavy atom. The lowest BCUT2D eigenvalue weighted by molar-refractivity contribution is 0.100. The highest BCUT2D eigenvalue weighted by Gasteiger charge is 2.13. The van der Waals surface area contributed by atoms with E-state index in [0.717, 1.165) is 11.1 Å². The zero-order valence-electron chi connectivity index (χ0n) is 16.8. The third kappa shape index (κ3) is 5.85. The van der Waals surface area contributed by atoms with Gasteiger partial charge in [0.05, 0.1) is 6.61 Å². The van der Waals surface area contributed by atoms with Crippen molar-refractivity contribution in [1.29, 1.82) is 0 Å². The molecule has 0 aliphatic rings. The quantitative estimate of drug-likeness (QED) is 0.509. The van der Waals surface area contributed by atoms with E-state index >= 15 is 0 Å². The molecule has 0 aliphatic heterocycles. The lowest BCUT2D eigenvalue weighted by Crippen LogP contribution is -2.21. The number of nitrogens with zero attached hydrogens (tertiary/aromatic N) is 3. The van der Waals surface area contributed by atoms with Gasteiger partial charge in [-0.2, -0.15) is 20.7 Å². The summed E-state index contributed by atoms with van der Waals surface area (Å²) in [7, 11) is -2.50. The SMILES string of the molecule is C[C@H](CO)Nc1nc(Nc2ccc(C(=O)N=S(C)(C)=O)cc2)ncc1-c1ccsc1. The summed E-state index contributed by atoms with van der Waals surface area (Å²) < 4.78 is 15.4. The maximum atomic E-state index is 12.0. The molecule has 0 fully saturated rings. The lowest BCUT2D eigenvalue weighted by Gasteiger charge is -2.16. The van der Waals surface area contributed by atoms with Crippen molar-refractivity contribution in [2.24, 2.45) is 4.36 Å². The number of aromatic nitrogens is 2. The number of nitrogens with one attached hydrogen (secondary N) is 2. The molecule has 30 heavy (non-hydrogen) atoms. The van der Waals surface area contributed by atoms with Gasteiger partial charge >= 0.3 is 0 Å². The standard InChI is InChI=1S/C20H23N5O3S2/c1-13(11-26)22-18-17(15-8-9-29-12-15)10-21-20(24-18)23-16-6-4-14(5-7-16)19(27)25-30(2,3)28/h4-10,12-13,26H,11H2,1-3H3,(H2,21,22,23,24)/t13-/m1/s1. The Kier molecular flexibility index (Phi) is 6.80. The highest BCUT2D eigenvalue weighted by Crippen LogP contribution is 2.29. The maximum absolute atomic E-state index is 12.0. The summed E-state index contributed by atoms with van der Waals surface area (Å²) >= 11 is 1.58. The number of carbonyl (C=O) groups excluding carboxylic acids is 1. The molecule has 0 spiro atoms. The first kappa shape index (κ1) is 21.9. The number of carbonyl (C=O) groups is 1. The van der Waals surface area contributed by atoms with Crippen LogP contribution in [0.1, 0.15) is 17.3 Å². The molecule has 2 heterocycles. The summed E-state index contributed by atoms with van der Waals surface area (Å²) in [5.74, 6) is 0.464. The van der Waals surface area contributed by atoms with E-state index in [0.29, 0.717) is 23.0 Å². The summed E-state index contributed by atoms with van der Waals surface area (Å²) in [6.07, 6.45) is 4.56. The fourth-order valence-electron chi connectivity index (χ4n) is 2.54. The van der Waals surface area contributed by atoms with E-state index in [2.05, 4.69) is 25.0 Å². The molecule has 0 aliphatic carbocycles. The maximum Gasteiger partial charge on any atom is 0.285 e. The molecule has 8 nitrogen and oxygen atoms in total. The Labute approximate surface area is 179 Å². The van der Waals surface area contributed by atoms with Gasteiger partial charge < -0.3 is 15.7 Å². The van der Waals surface area contributed by atoms with E-state index in [1.807, 2.05) is 23.8 Å². The molecule has 1 amide bonds. The highest BCUT2D eigenvalue weighted by molar-refractivity contribution is 7.92. The molecule has 2 aromatic heterocycles. The molecular formula is C20H23N5O3S2. The zero-order valence-corrected chi connectivity index (χ0v) is 18.5. The molecule has 3 rings (SSSR count). The number of aliphatic hydroxyl groups excluding tert-OH is 1. The molecule has 3 N–H and O–H groups in total. The molecule has 3 aromatic rings. The predicted molar refractivity (Wildman–Crippen MR) is 122 cm³/mol. The second kappa shape index (κ2) is 9.33. The zero-order chi connectivity index (χ0) is 21.7. The van der Waals surface area contributed by atoms with Crippen LogP contribution in [-0.4, -0.2) is 50.4 Å². The minimum Gasteiger partial charge on any atom is -0.394 e. The van der Waals surface area contributed by atoms with Crippen molar-refractivity contribution < 1.29 is 14.1 Å². The van der Waals surface area contributed by atoms with Crippen molar-refractivity contribution in [2.75, 3.05) is 29.8 Å². The predicted octanol–water partition coefficient (Wildman–Crippen LogP) is 3.61. The number of benzene rings is 1. The molecule has 1 aromatic carbocycles. The van der Waals surface area contributed by atoms with Crippen LogP contribution in [0.2, 0.25) is 0 Å². The van der Waals surface area contributed by atoms with Gasteiger partial charge in [-0.25, -0.2) is 9.19 Å². The van der Waals surface area contributed by atoms with Gasteiger partial charge in [0.25, 0.3) is 5.91 Å². The van der Waals surface area contributed by atoms with Crippen molar-refractivity contribution in [2.45, 2.75) is 13.0 Å². The number of hydrogen-bond donors (Lipinski definition) is 3. The highest BCUT2D eigenvalue weighted by atomic mass is 32.2. The van der Waals surface area contributed by atoms with E-state index in [9.17, 15) is 14.1 Å². The van der Waals surface area contributed by atoms with Crippen molar-refractivity contribution in [3.05, 3.63) is 52.9 Å². The van der Waals surface area contributed by atoms with Crippen LogP contribution in [0.25, 0.3) is 11.1 Å². The van der Waals surface area contributed by atoms with Crippen LogP contribution in [0, 0.1) is 0 Å². The summed E-state index contributed by atoms with van der Waals surface area (Å²) in [6, 6.07) is 8.42. The van der Waals surface area contributed by atoms with Gasteiger partial charge in [0.2, 0.25) is 5.95 Å². The first-order valence-electron chi connectivity index (χ1n) is 9.11. The number of aliphatic hydroxyl groups is 1. The van der Waals surface area contributed by atoms with Crippen LogP contribution in [0.3, 0.4) is 0 Å². The van der Waals surface area contributed by atoms with Crippen molar-refractivity contribution >= 4 is 44.4 Å². The smallest absolute Gasteiger partial charge is 0.285 e. The van der Waals surface area contributed by atoms with Crippen LogP contribution in [0.15, 0.2) is 51.7 Å². The normalized spacial score (nSPS) is 12.3. The fourth-order valence-corrected chi connectivity index (χ4v) is 3.70. The van der Waals surface area contributed by atoms with Gasteiger partial charge in [-0.1, -0.05) is 0 Å². The van der Waals surface area contributed by atoms with Gasteiger partial charge in [-0.05, 0) is 53.6 Å². The Morgan fingerprint density at radius 2 is 2.00 bits per heavy atom. The first-order chi connectivity index (χ1) is 14.2. The molecule has 0 bridgehead atoms. The third-order valence-corrected chi connectivity index (χ3v) is 5.26. The second-order valence-electron chi connectivity index (χ2n) is 6.98. The monoisotopic (exact) mass is 445 g/mol. The van der Waals surface area contributed by atoms with Crippen molar-refractivity contribution in [1.82, 2.24) is 9.97 Å². The summed E-state index contributed by atoms with van der Waals surface area (Å²) in [5.41, 5.74) is 2.87. The third-order valence-electron chi connectivity index (χ3n) is 3.97. The van der Waals surface area contributed by atoms with E-state index < -0.39 is 15.6 Å². The number of rotatable bonds is 7. The molecule has 0 saturated carbocycles. The fraction of sp³-hybridized carbons (Fsp3) is 0.250. The Hall–Kier alpha value is -2.82. The Bertz CT molecular complexity index is 1130. The first-order valence-corrected chi connectivity index (χ1v) is 12.4. The number of hydrogen-bond acceptors (Lipinski definition) is 8. The number of amides is 1. The molecule has 0 radical (unpaired) electrons. The topological polar surface area (TPSA) is 117 Å². The van der Waals surface area contributed by atoms with Crippen LogP contribution in [-0.2, 0) is 9.73 Å². The van der Waals surface area contributed by atoms with E-state index in [-0.39, 0.29) is 12.6 Å². The van der Waals surface area contributed by atoms with Crippen molar-refractivity contribution in [3.63, 3.8) is 0 Å². The van der Waals surface area contributed by atoms with Gasteiger partial charge in [0, 0.05) is 51.3 Å². The number of thiophene rings is 1. The van der Waals surface area contributed by atoms with E-state index in [1.54, 1.807) is 41.8 Å². The molecule has 0 saturated heterocycles. The average molecular weight is 446 g/mol. The van der Waals surface area contributed by atoms with Gasteiger partial charge in [0.1, 0.15) is 5.82 Å². The number of anilines is 3. The summed E-state index contributed by atoms with van der Waals surface area (Å²) in [6.45, 7) is 1.83. The van der Waals surface area contributed by atoms with Gasteiger partial charge in [-0.15, -0.1) is 0 Å². The van der Waals surface area contributed by atoms with Crippen molar-refractivity contribution in [3.8, 4) is 11.1 Å². The summed E-state index contributed by atoms with van der Waals surface area (Å²) in [4.78, 5) is 21.0. The van der Waals surface area contributed by atoms with Crippen LogP contribution >= 0.6 is 11.3 Å². The summed E-state index contributed by atoms with van der Waals surface area (Å²) in [5, 5.41) is 19.7. The second-order valence-corrected chi connectivity index (χ2v) is 10.3. The minimum atomic E-state index is -2.50. The molecule has 1 atom stereocenters.